The van der Waals surface area contributed by atoms with Gasteiger partial charge < -0.3 is 9.84 Å². The minimum absolute atomic E-state index is 0.0622. The summed E-state index contributed by atoms with van der Waals surface area (Å²) in [5, 5.41) is 20.6. The second kappa shape index (κ2) is 6.03. The van der Waals surface area contributed by atoms with Crippen molar-refractivity contribution in [3.8, 4) is 11.5 Å². The minimum atomic E-state index is 0.0622. The number of azo groups is 1. The van der Waals surface area contributed by atoms with Crippen LogP contribution in [0.1, 0.15) is 0 Å². The third-order valence-corrected chi connectivity index (χ3v) is 3.62. The summed E-state index contributed by atoms with van der Waals surface area (Å²) in [5.41, 5.74) is 0.867. The van der Waals surface area contributed by atoms with Gasteiger partial charge in [0.05, 0.1) is 12.1 Å². The van der Waals surface area contributed by atoms with Crippen molar-refractivity contribution in [2.45, 2.75) is 0 Å². The van der Waals surface area contributed by atoms with E-state index in [1.807, 2.05) is 36.4 Å². The van der Waals surface area contributed by atoms with Crippen molar-refractivity contribution in [1.82, 2.24) is 0 Å². The molecule has 22 heavy (non-hydrogen) atoms. The molecule has 0 fully saturated rings. The summed E-state index contributed by atoms with van der Waals surface area (Å²) < 4.78 is 5.36. The molecule has 0 unspecified atom stereocenters. The summed E-state index contributed by atoms with van der Waals surface area (Å²) in [7, 11) is 1.58. The highest BCUT2D eigenvalue weighted by atomic mass is 35.5. The molecule has 0 amide bonds. The number of hydrogen-bond donors (Lipinski definition) is 1. The normalized spacial score (nSPS) is 11.2. The van der Waals surface area contributed by atoms with E-state index in [1.165, 1.54) is 0 Å². The fraction of sp³-hybridized carbons (Fsp3) is 0.0588. The van der Waals surface area contributed by atoms with Gasteiger partial charge in [0, 0.05) is 16.8 Å². The van der Waals surface area contributed by atoms with E-state index in [0.717, 1.165) is 5.39 Å². The van der Waals surface area contributed by atoms with Gasteiger partial charge >= 0.3 is 0 Å². The van der Waals surface area contributed by atoms with Gasteiger partial charge in [0.15, 0.2) is 5.75 Å². The first-order valence-corrected chi connectivity index (χ1v) is 7.03. The number of phenols is 1. The van der Waals surface area contributed by atoms with Crippen LogP contribution in [0, 0.1) is 0 Å². The minimum Gasteiger partial charge on any atom is -0.505 e. The maximum Gasteiger partial charge on any atom is 0.151 e. The second-order valence-corrected chi connectivity index (χ2v) is 5.05. The molecule has 0 saturated heterocycles. The summed E-state index contributed by atoms with van der Waals surface area (Å²) in [6.07, 6.45) is 0. The number of fused-ring (bicyclic) bond motifs is 1. The van der Waals surface area contributed by atoms with Crippen LogP contribution in [-0.4, -0.2) is 12.2 Å². The first kappa shape index (κ1) is 14.4. The van der Waals surface area contributed by atoms with Gasteiger partial charge in [-0.05, 0) is 12.1 Å². The van der Waals surface area contributed by atoms with Gasteiger partial charge in [0.1, 0.15) is 17.1 Å². The largest absolute Gasteiger partial charge is 0.505 e. The molecule has 0 bridgehead atoms. The molecule has 4 nitrogen and oxygen atoms in total. The van der Waals surface area contributed by atoms with Gasteiger partial charge in [0.2, 0.25) is 0 Å². The molecule has 1 N–H and O–H groups in total. The molecule has 0 atom stereocenters. The predicted octanol–water partition coefficient (Wildman–Crippen LogP) is 5.62. The van der Waals surface area contributed by atoms with Crippen molar-refractivity contribution in [2.24, 2.45) is 10.2 Å². The zero-order valence-electron chi connectivity index (χ0n) is 11.8. The quantitative estimate of drug-likeness (QED) is 0.638. The number of ether oxygens (including phenoxy) is 1. The SMILES string of the molecule is COc1cc(/N=N/c2ccccc2Cl)c(O)c2ccccc12. The van der Waals surface area contributed by atoms with Crippen LogP contribution < -0.4 is 4.74 Å². The molecule has 5 heteroatoms. The fourth-order valence-corrected chi connectivity index (χ4v) is 2.37. The molecular weight excluding hydrogens is 300 g/mol. The van der Waals surface area contributed by atoms with E-state index in [9.17, 15) is 5.11 Å². The first-order valence-electron chi connectivity index (χ1n) is 6.65. The van der Waals surface area contributed by atoms with Crippen LogP contribution in [0.4, 0.5) is 11.4 Å². The maximum atomic E-state index is 10.4. The Labute approximate surface area is 132 Å². The Hall–Kier alpha value is -2.59. The number of phenolic OH excluding ortho intramolecular Hbond substituents is 1. The molecule has 3 aromatic rings. The molecule has 0 aromatic heterocycles. The first-order chi connectivity index (χ1) is 10.7. The van der Waals surface area contributed by atoms with E-state index in [0.29, 0.717) is 27.5 Å². The average molecular weight is 313 g/mol. The molecule has 110 valence electrons. The summed E-state index contributed by atoms with van der Waals surface area (Å²) in [6.45, 7) is 0. The Kier molecular flexibility index (Phi) is 3.94. The van der Waals surface area contributed by atoms with Crippen LogP contribution >= 0.6 is 11.6 Å². The van der Waals surface area contributed by atoms with Gasteiger partial charge in [-0.1, -0.05) is 48.0 Å². The number of methoxy groups -OCH3 is 1. The highest BCUT2D eigenvalue weighted by Crippen LogP contribution is 2.41. The van der Waals surface area contributed by atoms with Crippen LogP contribution in [0.5, 0.6) is 11.5 Å². The lowest BCUT2D eigenvalue weighted by Crippen LogP contribution is -1.85. The number of rotatable bonds is 3. The number of nitrogens with zero attached hydrogens (tertiary/aromatic N) is 2. The second-order valence-electron chi connectivity index (χ2n) is 4.64. The van der Waals surface area contributed by atoms with Gasteiger partial charge in [-0.2, -0.15) is 0 Å². The molecule has 0 heterocycles. The molecule has 0 aliphatic heterocycles. The maximum absolute atomic E-state index is 10.4. The predicted molar refractivity (Wildman–Crippen MR) is 87.8 cm³/mol. The van der Waals surface area contributed by atoms with Crippen molar-refractivity contribution in [2.75, 3.05) is 7.11 Å². The van der Waals surface area contributed by atoms with Crippen LogP contribution in [0.15, 0.2) is 64.8 Å². The van der Waals surface area contributed by atoms with Crippen molar-refractivity contribution in [3.05, 3.63) is 59.6 Å². The van der Waals surface area contributed by atoms with Crippen molar-refractivity contribution in [1.29, 1.82) is 0 Å². The molecule has 0 radical (unpaired) electrons. The molecule has 3 aromatic carbocycles. The Balaban J connectivity index is 2.11. The van der Waals surface area contributed by atoms with Crippen molar-refractivity contribution >= 4 is 33.7 Å². The molecule has 0 spiro atoms. The van der Waals surface area contributed by atoms with E-state index in [4.69, 9.17) is 16.3 Å². The zero-order valence-corrected chi connectivity index (χ0v) is 12.6. The summed E-state index contributed by atoms with van der Waals surface area (Å²) in [6, 6.07) is 16.2. The summed E-state index contributed by atoms with van der Waals surface area (Å²) >= 11 is 6.04. The Morgan fingerprint density at radius 3 is 2.27 bits per heavy atom. The molecule has 0 saturated carbocycles. The van der Waals surface area contributed by atoms with Crippen LogP contribution in [0.25, 0.3) is 10.8 Å². The van der Waals surface area contributed by atoms with E-state index >= 15 is 0 Å². The molecule has 0 aliphatic carbocycles. The van der Waals surface area contributed by atoms with Gasteiger partial charge in [-0.3, -0.25) is 0 Å². The number of aromatic hydroxyl groups is 1. The van der Waals surface area contributed by atoms with Gasteiger partial charge in [-0.25, -0.2) is 0 Å². The van der Waals surface area contributed by atoms with Crippen LogP contribution in [0.3, 0.4) is 0 Å². The third-order valence-electron chi connectivity index (χ3n) is 3.30. The highest BCUT2D eigenvalue weighted by molar-refractivity contribution is 6.32. The molecule has 3 rings (SSSR count). The lowest BCUT2D eigenvalue weighted by atomic mass is 10.1. The van der Waals surface area contributed by atoms with E-state index in [1.54, 1.807) is 25.3 Å². The summed E-state index contributed by atoms with van der Waals surface area (Å²) in [5.74, 6) is 0.689. The monoisotopic (exact) mass is 312 g/mol. The number of hydrogen-bond acceptors (Lipinski definition) is 4. The van der Waals surface area contributed by atoms with E-state index in [2.05, 4.69) is 10.2 Å². The average Bonchev–Trinajstić information content (AvgIpc) is 2.56. The fourth-order valence-electron chi connectivity index (χ4n) is 2.20. The van der Waals surface area contributed by atoms with Crippen molar-refractivity contribution < 1.29 is 9.84 Å². The number of halogens is 1. The third kappa shape index (κ3) is 2.61. The number of benzene rings is 3. The Morgan fingerprint density at radius 2 is 1.55 bits per heavy atom. The Morgan fingerprint density at radius 1 is 0.909 bits per heavy atom. The standard InChI is InChI=1S/C17H13ClN2O2/c1-22-16-10-15(17(21)12-7-3-2-6-11(12)16)20-19-14-9-5-4-8-13(14)18/h2-10,21H,1H3/b20-19+. The summed E-state index contributed by atoms with van der Waals surface area (Å²) in [4.78, 5) is 0. The van der Waals surface area contributed by atoms with Crippen LogP contribution in [0.2, 0.25) is 5.02 Å². The van der Waals surface area contributed by atoms with Gasteiger partial charge in [0.25, 0.3) is 0 Å². The van der Waals surface area contributed by atoms with E-state index < -0.39 is 0 Å². The Bertz CT molecular complexity index is 862. The van der Waals surface area contributed by atoms with E-state index in [-0.39, 0.29) is 5.75 Å². The van der Waals surface area contributed by atoms with Crippen molar-refractivity contribution in [3.63, 3.8) is 0 Å². The zero-order chi connectivity index (χ0) is 15.5. The topological polar surface area (TPSA) is 54.2 Å². The molecular formula is C17H13ClN2O2. The smallest absolute Gasteiger partial charge is 0.151 e. The molecule has 0 aliphatic rings. The lowest BCUT2D eigenvalue weighted by molar-refractivity contribution is 0.418. The lowest BCUT2D eigenvalue weighted by Gasteiger charge is -2.09. The van der Waals surface area contributed by atoms with Crippen LogP contribution in [-0.2, 0) is 0 Å². The van der Waals surface area contributed by atoms with Gasteiger partial charge in [-0.15, -0.1) is 10.2 Å². The highest BCUT2D eigenvalue weighted by Gasteiger charge is 2.11.